The molecule has 0 aliphatic carbocycles. The molecule has 0 saturated carbocycles. The number of rotatable bonds is 2. The van der Waals surface area contributed by atoms with Gasteiger partial charge in [-0.05, 0) is 46.7 Å². The lowest BCUT2D eigenvalue weighted by Crippen LogP contribution is -2.57. The molecule has 0 bridgehead atoms. The molecule has 1 unspecified atom stereocenters. The summed E-state index contributed by atoms with van der Waals surface area (Å²) in [5.74, 6) is 0.154. The molecule has 0 aromatic heterocycles. The molecule has 2 fully saturated rings. The lowest BCUT2D eigenvalue weighted by atomic mass is 9.89. The van der Waals surface area contributed by atoms with Gasteiger partial charge in [-0.25, -0.2) is 4.79 Å². The lowest BCUT2D eigenvalue weighted by Gasteiger charge is -2.46. The average Bonchev–Trinajstić information content (AvgIpc) is 2.24. The Morgan fingerprint density at radius 1 is 1.32 bits per heavy atom. The molecule has 5 nitrogen and oxygen atoms in total. The number of carbonyl (C=O) groups is 1. The van der Waals surface area contributed by atoms with Crippen molar-refractivity contribution in [3.63, 3.8) is 0 Å². The molecule has 19 heavy (non-hydrogen) atoms. The van der Waals surface area contributed by atoms with Gasteiger partial charge in [-0.15, -0.1) is 0 Å². The van der Waals surface area contributed by atoms with Crippen molar-refractivity contribution in [2.24, 2.45) is 5.92 Å². The minimum absolute atomic E-state index is 0.139. The fourth-order valence-corrected chi connectivity index (χ4v) is 2.84. The Morgan fingerprint density at radius 2 is 2.00 bits per heavy atom. The minimum Gasteiger partial charge on any atom is -0.444 e. The van der Waals surface area contributed by atoms with Crippen LogP contribution in [0.1, 0.15) is 33.6 Å². The van der Waals surface area contributed by atoms with Crippen LogP contribution < -0.4 is 0 Å². The topological polar surface area (TPSA) is 53.0 Å². The Bertz CT molecular complexity index is 323. The molecular formula is C14H26N2O3. The molecular weight excluding hydrogens is 244 g/mol. The summed E-state index contributed by atoms with van der Waals surface area (Å²) >= 11 is 0. The van der Waals surface area contributed by atoms with Crippen LogP contribution in [-0.4, -0.2) is 65.4 Å². The molecule has 110 valence electrons. The molecule has 2 atom stereocenters. The van der Waals surface area contributed by atoms with Crippen LogP contribution in [0, 0.1) is 5.92 Å². The number of hydrogen-bond acceptors (Lipinski definition) is 4. The van der Waals surface area contributed by atoms with Gasteiger partial charge in [0.25, 0.3) is 0 Å². The van der Waals surface area contributed by atoms with E-state index in [9.17, 15) is 9.90 Å². The number of aliphatic hydroxyl groups excluding tert-OH is 1. The van der Waals surface area contributed by atoms with Crippen LogP contribution in [0.5, 0.6) is 0 Å². The number of aliphatic hydroxyl groups is 1. The number of carbonyl (C=O) groups excluding carboxylic acids is 1. The van der Waals surface area contributed by atoms with Gasteiger partial charge in [0.05, 0.1) is 0 Å². The first kappa shape index (κ1) is 14.6. The smallest absolute Gasteiger partial charge is 0.410 e. The highest BCUT2D eigenvalue weighted by atomic mass is 16.6. The number of ether oxygens (including phenoxy) is 1. The van der Waals surface area contributed by atoms with Gasteiger partial charge >= 0.3 is 6.09 Å². The summed E-state index contributed by atoms with van der Waals surface area (Å²) in [6.45, 7) is 9.37. The summed E-state index contributed by atoms with van der Waals surface area (Å²) in [5.41, 5.74) is -0.458. The van der Waals surface area contributed by atoms with Gasteiger partial charge in [-0.2, -0.15) is 0 Å². The zero-order valence-electron chi connectivity index (χ0n) is 12.3. The third-order valence-corrected chi connectivity index (χ3v) is 3.94. The van der Waals surface area contributed by atoms with Gasteiger partial charge in [0.2, 0.25) is 0 Å². The van der Waals surface area contributed by atoms with Crippen LogP contribution in [0.25, 0.3) is 0 Å². The largest absolute Gasteiger partial charge is 0.444 e. The van der Waals surface area contributed by atoms with E-state index in [-0.39, 0.29) is 18.6 Å². The Morgan fingerprint density at radius 3 is 2.47 bits per heavy atom. The zero-order chi connectivity index (χ0) is 14.0. The molecule has 0 spiro atoms. The third-order valence-electron chi connectivity index (χ3n) is 3.94. The predicted octanol–water partition coefficient (Wildman–Crippen LogP) is 1.31. The van der Waals surface area contributed by atoms with Crippen molar-refractivity contribution in [3.8, 4) is 0 Å². The zero-order valence-corrected chi connectivity index (χ0v) is 12.3. The van der Waals surface area contributed by atoms with E-state index in [1.54, 1.807) is 4.90 Å². The van der Waals surface area contributed by atoms with Crippen LogP contribution in [0.4, 0.5) is 4.79 Å². The Labute approximate surface area is 115 Å². The highest BCUT2D eigenvalue weighted by Crippen LogP contribution is 2.26. The second-order valence-electron chi connectivity index (χ2n) is 6.61. The number of amides is 1. The van der Waals surface area contributed by atoms with E-state index in [0.717, 1.165) is 26.1 Å². The van der Waals surface area contributed by atoms with Gasteiger partial charge in [-0.1, -0.05) is 0 Å². The second kappa shape index (κ2) is 5.67. The van der Waals surface area contributed by atoms with Crippen LogP contribution in [0.3, 0.4) is 0 Å². The summed E-state index contributed by atoms with van der Waals surface area (Å²) in [6.07, 6.45) is 1.93. The summed E-state index contributed by atoms with van der Waals surface area (Å²) in [6, 6.07) is 0.428. The van der Waals surface area contributed by atoms with Crippen LogP contribution in [0.2, 0.25) is 0 Å². The normalized spacial score (nSPS) is 28.9. The van der Waals surface area contributed by atoms with E-state index in [1.807, 2.05) is 20.8 Å². The molecule has 0 radical (unpaired) electrons. The van der Waals surface area contributed by atoms with E-state index >= 15 is 0 Å². The number of nitrogens with zero attached hydrogens (tertiary/aromatic N) is 2. The highest BCUT2D eigenvalue weighted by molar-refractivity contribution is 5.68. The Balaban J connectivity index is 1.90. The predicted molar refractivity (Wildman–Crippen MR) is 73.0 cm³/mol. The van der Waals surface area contributed by atoms with Crippen molar-refractivity contribution >= 4 is 6.09 Å². The van der Waals surface area contributed by atoms with E-state index in [4.69, 9.17) is 4.74 Å². The van der Waals surface area contributed by atoms with E-state index < -0.39 is 5.60 Å². The molecule has 2 heterocycles. The van der Waals surface area contributed by atoms with Crippen molar-refractivity contribution in [3.05, 3.63) is 0 Å². The third kappa shape index (κ3) is 3.60. The maximum absolute atomic E-state index is 12.0. The number of hydrogen-bond donors (Lipinski definition) is 1. The standard InChI is InChI=1S/C14H26N2O3/c1-14(2,3)19-13(18)16-8-5-12(11(9-16)10-17)15-6-4-7-15/h11-12,17H,4-10H2,1-3H3/t11?,12-/m0/s1. The first-order chi connectivity index (χ1) is 8.90. The molecule has 2 aliphatic heterocycles. The van der Waals surface area contributed by atoms with Crippen molar-refractivity contribution in [2.75, 3.05) is 32.8 Å². The van der Waals surface area contributed by atoms with E-state index in [0.29, 0.717) is 12.6 Å². The maximum Gasteiger partial charge on any atom is 0.410 e. The fourth-order valence-electron chi connectivity index (χ4n) is 2.84. The number of piperidine rings is 1. The van der Waals surface area contributed by atoms with Crippen molar-refractivity contribution in [2.45, 2.75) is 45.3 Å². The Kier molecular flexibility index (Phi) is 4.36. The van der Waals surface area contributed by atoms with Crippen LogP contribution >= 0.6 is 0 Å². The summed E-state index contributed by atoms with van der Waals surface area (Å²) in [4.78, 5) is 16.2. The maximum atomic E-state index is 12.0. The number of likely N-dealkylation sites (tertiary alicyclic amines) is 2. The first-order valence-corrected chi connectivity index (χ1v) is 7.23. The van der Waals surface area contributed by atoms with Gasteiger partial charge in [-0.3, -0.25) is 4.90 Å². The van der Waals surface area contributed by atoms with Gasteiger partial charge in [0.1, 0.15) is 5.60 Å². The molecule has 2 aliphatic rings. The monoisotopic (exact) mass is 270 g/mol. The van der Waals surface area contributed by atoms with Gasteiger partial charge in [0, 0.05) is 31.7 Å². The average molecular weight is 270 g/mol. The summed E-state index contributed by atoms with van der Waals surface area (Å²) in [5, 5.41) is 9.56. The van der Waals surface area contributed by atoms with Crippen molar-refractivity contribution < 1.29 is 14.6 Å². The molecule has 5 heteroatoms. The molecule has 1 N–H and O–H groups in total. The molecule has 0 aromatic carbocycles. The van der Waals surface area contributed by atoms with Crippen LogP contribution in [0.15, 0.2) is 0 Å². The van der Waals surface area contributed by atoms with E-state index in [2.05, 4.69) is 4.90 Å². The molecule has 2 saturated heterocycles. The summed E-state index contributed by atoms with van der Waals surface area (Å²) < 4.78 is 5.40. The van der Waals surface area contributed by atoms with Gasteiger partial charge < -0.3 is 14.7 Å². The Hall–Kier alpha value is -0.810. The SMILES string of the molecule is CC(C)(C)OC(=O)N1CC[C@H](N2CCC2)C(CO)C1. The molecule has 1 amide bonds. The first-order valence-electron chi connectivity index (χ1n) is 7.23. The van der Waals surface area contributed by atoms with E-state index in [1.165, 1.54) is 6.42 Å². The second-order valence-corrected chi connectivity index (χ2v) is 6.61. The van der Waals surface area contributed by atoms with Crippen molar-refractivity contribution in [1.29, 1.82) is 0 Å². The fraction of sp³-hybridized carbons (Fsp3) is 0.929. The minimum atomic E-state index is -0.458. The highest BCUT2D eigenvalue weighted by Gasteiger charge is 2.37. The lowest BCUT2D eigenvalue weighted by molar-refractivity contribution is -0.0197. The quantitative estimate of drug-likeness (QED) is 0.822. The van der Waals surface area contributed by atoms with Gasteiger partial charge in [0.15, 0.2) is 0 Å². The van der Waals surface area contributed by atoms with Crippen molar-refractivity contribution in [1.82, 2.24) is 9.80 Å². The molecule has 0 aromatic rings. The summed E-state index contributed by atoms with van der Waals surface area (Å²) in [7, 11) is 0. The van der Waals surface area contributed by atoms with Crippen LogP contribution in [-0.2, 0) is 4.74 Å². The molecule has 2 rings (SSSR count).